The first kappa shape index (κ1) is 38.6. The third kappa shape index (κ3) is 8.98. The van der Waals surface area contributed by atoms with E-state index >= 15 is 0 Å². The Hall–Kier alpha value is -5.10. The Bertz CT molecular complexity index is 2060. The van der Waals surface area contributed by atoms with Gasteiger partial charge in [0.2, 0.25) is 0 Å². The van der Waals surface area contributed by atoms with Crippen LogP contribution in [0.15, 0.2) is 102 Å². The molecule has 2 amide bonds. The number of aryl methyl sites for hydroxylation is 2. The highest BCUT2D eigenvalue weighted by molar-refractivity contribution is 7.92. The molecule has 6 rings (SSSR count). The highest BCUT2D eigenvalue weighted by atomic mass is 32.2. The van der Waals surface area contributed by atoms with Crippen LogP contribution in [0.25, 0.3) is 5.69 Å². The molecule has 0 bridgehead atoms. The van der Waals surface area contributed by atoms with Gasteiger partial charge in [0, 0.05) is 31.4 Å². The van der Waals surface area contributed by atoms with Crippen molar-refractivity contribution in [2.75, 3.05) is 24.4 Å². The first-order valence-electron chi connectivity index (χ1n) is 18.7. The summed E-state index contributed by atoms with van der Waals surface area (Å²) in [6.07, 6.45) is 4.27. The second-order valence-electron chi connectivity index (χ2n) is 13.8. The lowest BCUT2D eigenvalue weighted by atomic mass is 9.93. The molecule has 1 aliphatic heterocycles. The molecule has 0 radical (unpaired) electrons. The van der Waals surface area contributed by atoms with Gasteiger partial charge in [-0.3, -0.25) is 9.59 Å². The summed E-state index contributed by atoms with van der Waals surface area (Å²) in [6.45, 7) is 9.51. The van der Waals surface area contributed by atoms with Gasteiger partial charge in [-0.05, 0) is 92.8 Å². The Balaban J connectivity index is 1.34. The van der Waals surface area contributed by atoms with Gasteiger partial charge in [0.1, 0.15) is 22.9 Å². The normalized spacial score (nSPS) is 14.3. The number of unbranched alkanes of at least 4 members (excludes halogenated alkanes) is 2. The highest BCUT2D eigenvalue weighted by Gasteiger charge is 2.32. The molecule has 0 aliphatic carbocycles. The summed E-state index contributed by atoms with van der Waals surface area (Å²) in [5.41, 5.74) is 5.47. The summed E-state index contributed by atoms with van der Waals surface area (Å²) < 4.78 is 24.5. The molecule has 2 N–H and O–H groups in total. The molecule has 0 saturated heterocycles. The second kappa shape index (κ2) is 17.8. The minimum atomic E-state index is -1.71. The number of hydrogen-bond donors (Lipinski definition) is 2. The van der Waals surface area contributed by atoms with E-state index in [2.05, 4.69) is 18.6 Å². The Labute approximate surface area is 321 Å². The minimum absolute atomic E-state index is 0.137. The van der Waals surface area contributed by atoms with Gasteiger partial charge in [-0.1, -0.05) is 74.7 Å². The molecule has 1 aliphatic rings. The highest BCUT2D eigenvalue weighted by Crippen LogP contribution is 2.31. The Morgan fingerprint density at radius 2 is 1.63 bits per heavy atom. The van der Waals surface area contributed by atoms with Crippen molar-refractivity contribution in [2.45, 2.75) is 77.3 Å². The fourth-order valence-electron chi connectivity index (χ4n) is 6.66. The van der Waals surface area contributed by atoms with Crippen molar-refractivity contribution >= 4 is 28.9 Å². The smallest absolute Gasteiger partial charge is 0.274 e. The summed E-state index contributed by atoms with van der Waals surface area (Å²) >= 11 is -1.71. The molecule has 282 valence electrons. The summed E-state index contributed by atoms with van der Waals surface area (Å²) in [6, 6.07) is 29.2. The van der Waals surface area contributed by atoms with E-state index in [-0.39, 0.29) is 18.4 Å². The molecule has 0 spiro atoms. The van der Waals surface area contributed by atoms with Crippen LogP contribution in [0.5, 0.6) is 11.5 Å². The number of nitrogens with zero attached hydrogens (tertiary/aromatic N) is 4. The van der Waals surface area contributed by atoms with Crippen molar-refractivity contribution in [3.8, 4) is 17.2 Å². The average molecular weight is 748 g/mol. The number of benzene rings is 4. The number of aromatic nitrogens is 2. The van der Waals surface area contributed by atoms with E-state index in [9.17, 15) is 19.2 Å². The second-order valence-corrected chi connectivity index (χ2v) is 15.0. The van der Waals surface area contributed by atoms with E-state index in [1.54, 1.807) is 58.1 Å². The summed E-state index contributed by atoms with van der Waals surface area (Å²) in [7, 11) is 0. The van der Waals surface area contributed by atoms with Crippen LogP contribution < -0.4 is 9.46 Å². The summed E-state index contributed by atoms with van der Waals surface area (Å²) in [5, 5.41) is 15.2. The van der Waals surface area contributed by atoms with E-state index in [1.807, 2.05) is 67.3 Å². The van der Waals surface area contributed by atoms with Gasteiger partial charge < -0.3 is 24.2 Å². The number of ether oxygens (including phenoxy) is 1. The number of aliphatic hydroxyl groups is 1. The van der Waals surface area contributed by atoms with Gasteiger partial charge in [0.05, 0.1) is 29.6 Å². The number of amides is 2. The molecule has 11 heteroatoms. The number of rotatable bonds is 15. The van der Waals surface area contributed by atoms with Gasteiger partial charge in [-0.25, -0.2) is 9.40 Å². The lowest BCUT2D eigenvalue weighted by Gasteiger charge is -2.36. The van der Waals surface area contributed by atoms with E-state index < -0.39 is 17.4 Å². The van der Waals surface area contributed by atoms with E-state index in [0.29, 0.717) is 70.8 Å². The van der Waals surface area contributed by atoms with E-state index in [4.69, 9.17) is 9.84 Å². The zero-order chi connectivity index (χ0) is 38.2. The number of carbonyl (C=O) groups excluding carboxylic acids is 2. The van der Waals surface area contributed by atoms with Gasteiger partial charge >= 0.3 is 0 Å². The van der Waals surface area contributed by atoms with Crippen molar-refractivity contribution in [1.82, 2.24) is 19.6 Å². The van der Waals surface area contributed by atoms with Crippen LogP contribution in [0.2, 0.25) is 0 Å². The van der Waals surface area contributed by atoms with Crippen molar-refractivity contribution < 1.29 is 24.0 Å². The van der Waals surface area contributed by atoms with Crippen molar-refractivity contribution in [2.24, 2.45) is 0 Å². The zero-order valence-corrected chi connectivity index (χ0v) is 32.3. The van der Waals surface area contributed by atoms with E-state index in [0.717, 1.165) is 42.4 Å². The molecule has 1 aromatic heterocycles. The van der Waals surface area contributed by atoms with Gasteiger partial charge in [0.25, 0.3) is 11.8 Å². The number of hydrogen-bond acceptors (Lipinski definition) is 7. The Morgan fingerprint density at radius 3 is 2.33 bits per heavy atom. The predicted octanol–water partition coefficient (Wildman–Crippen LogP) is 8.02. The third-order valence-electron chi connectivity index (χ3n) is 9.73. The van der Waals surface area contributed by atoms with Crippen molar-refractivity contribution in [3.05, 3.63) is 131 Å². The molecule has 0 fully saturated rings. The molecule has 2 atom stereocenters. The maximum atomic E-state index is 14.7. The SMILES string of the molecule is CCCCN(CCCC)C(=O)c1cc(C)n(-c2ccc(N[S+]([O-])c3cccc(Oc4ccc(C)cc4)c3)cc2C(=O)N2Cc3ccccc3C[C@H]2CO)n1. The molecule has 54 heavy (non-hydrogen) atoms. The van der Waals surface area contributed by atoms with Crippen LogP contribution in [-0.2, 0) is 24.3 Å². The van der Waals surface area contributed by atoms with Gasteiger partial charge in [-0.15, -0.1) is 0 Å². The number of aliphatic hydroxyl groups excluding tert-OH is 1. The number of carbonyl (C=O) groups is 2. The molecule has 1 unspecified atom stereocenters. The van der Waals surface area contributed by atoms with Gasteiger partial charge in [0.15, 0.2) is 10.6 Å². The molecule has 2 heterocycles. The molecular weight excluding hydrogens is 699 g/mol. The minimum Gasteiger partial charge on any atom is -0.588 e. The first-order valence-corrected chi connectivity index (χ1v) is 19.9. The zero-order valence-electron chi connectivity index (χ0n) is 31.5. The molecular formula is C43H49N5O5S. The van der Waals surface area contributed by atoms with Crippen LogP contribution in [0, 0.1) is 13.8 Å². The topological polar surface area (TPSA) is 123 Å². The third-order valence-corrected chi connectivity index (χ3v) is 10.8. The number of fused-ring (bicyclic) bond motifs is 1. The summed E-state index contributed by atoms with van der Waals surface area (Å²) in [4.78, 5) is 32.5. The van der Waals surface area contributed by atoms with Crippen LogP contribution in [0.1, 0.15) is 82.8 Å². The predicted molar refractivity (Wildman–Crippen MR) is 213 cm³/mol. The molecule has 4 aromatic carbocycles. The van der Waals surface area contributed by atoms with Crippen LogP contribution in [-0.4, -0.2) is 66.8 Å². The summed E-state index contributed by atoms with van der Waals surface area (Å²) in [5.74, 6) is 0.768. The molecule has 5 aromatic rings. The van der Waals surface area contributed by atoms with Crippen LogP contribution >= 0.6 is 0 Å². The number of nitrogens with one attached hydrogen (secondary N) is 1. The largest absolute Gasteiger partial charge is 0.588 e. The van der Waals surface area contributed by atoms with Gasteiger partial charge in [-0.2, -0.15) is 5.10 Å². The lowest BCUT2D eigenvalue weighted by molar-refractivity contribution is 0.0544. The average Bonchev–Trinajstić information content (AvgIpc) is 3.58. The van der Waals surface area contributed by atoms with E-state index in [1.165, 1.54) is 0 Å². The van der Waals surface area contributed by atoms with Crippen molar-refractivity contribution in [3.63, 3.8) is 0 Å². The van der Waals surface area contributed by atoms with Crippen molar-refractivity contribution in [1.29, 1.82) is 0 Å². The molecule has 0 saturated carbocycles. The Morgan fingerprint density at radius 1 is 0.907 bits per heavy atom. The maximum absolute atomic E-state index is 14.7. The molecule has 10 nitrogen and oxygen atoms in total. The number of anilines is 1. The standard InChI is InChI=1S/C43H49N5O5S/c1-5-7-22-46(23-8-6-2)43(51)40-24-31(4)48(44-40)41-21-18-34(26-39(41)42(50)47-28-33-13-10-9-12-32(33)25-35(47)29-49)45-54(52)38-15-11-14-37(27-38)53-36-19-16-30(3)17-20-36/h9-21,24,26-27,35,45,49H,5-8,22-23,25,28-29H2,1-4H3/t35-,54?/m0/s1. The monoisotopic (exact) mass is 747 g/mol. The fraction of sp³-hybridized carbons (Fsp3) is 0.326. The Kier molecular flexibility index (Phi) is 12.7. The lowest BCUT2D eigenvalue weighted by Crippen LogP contribution is -2.46. The van der Waals surface area contributed by atoms with Crippen LogP contribution in [0.3, 0.4) is 0 Å². The maximum Gasteiger partial charge on any atom is 0.274 e. The quantitative estimate of drug-likeness (QED) is 0.104. The fourth-order valence-corrected chi connectivity index (χ4v) is 7.54. The van der Waals surface area contributed by atoms with Crippen LogP contribution in [0.4, 0.5) is 5.69 Å². The first-order chi connectivity index (χ1) is 26.2.